The van der Waals surface area contributed by atoms with Gasteiger partial charge in [-0.2, -0.15) is 0 Å². The van der Waals surface area contributed by atoms with E-state index in [1.165, 1.54) is 0 Å². The van der Waals surface area contributed by atoms with Crippen LogP contribution in [0.3, 0.4) is 0 Å². The fraction of sp³-hybridized carbons (Fsp3) is 0.118. The number of anilines is 2. The maximum Gasteiger partial charge on any atom is 0.191 e. The van der Waals surface area contributed by atoms with Crippen molar-refractivity contribution in [3.63, 3.8) is 0 Å². The largest absolute Gasteiger partial charge is 0.346 e. The van der Waals surface area contributed by atoms with Crippen molar-refractivity contribution in [2.45, 2.75) is 6.42 Å². The van der Waals surface area contributed by atoms with Crippen molar-refractivity contribution in [3.8, 4) is 0 Å². The Bertz CT molecular complexity index is 1030. The lowest BCUT2D eigenvalue weighted by Gasteiger charge is -2.14. The minimum Gasteiger partial charge on any atom is -0.346 e. The van der Waals surface area contributed by atoms with Crippen LogP contribution in [0.5, 0.6) is 0 Å². The number of hydrogen-bond acceptors (Lipinski definition) is 5. The molecule has 0 saturated heterocycles. The highest BCUT2D eigenvalue weighted by atomic mass is 35.5. The van der Waals surface area contributed by atoms with E-state index in [-0.39, 0.29) is 0 Å². The maximum atomic E-state index is 6.38. The molecule has 0 aromatic carbocycles. The molecule has 0 aliphatic carbocycles. The van der Waals surface area contributed by atoms with Gasteiger partial charge >= 0.3 is 0 Å². The molecule has 1 N–H and O–H groups in total. The van der Waals surface area contributed by atoms with Gasteiger partial charge in [0.1, 0.15) is 10.8 Å². The van der Waals surface area contributed by atoms with E-state index < -0.39 is 0 Å². The Morgan fingerprint density at radius 1 is 1.28 bits per heavy atom. The van der Waals surface area contributed by atoms with Gasteiger partial charge in [0.2, 0.25) is 0 Å². The van der Waals surface area contributed by atoms with Gasteiger partial charge in [-0.15, -0.1) is 0 Å². The van der Waals surface area contributed by atoms with Crippen molar-refractivity contribution in [2.75, 3.05) is 11.9 Å². The first-order valence-corrected chi connectivity index (χ1v) is 9.09. The van der Waals surface area contributed by atoms with Gasteiger partial charge in [-0.05, 0) is 23.8 Å². The number of aromatic nitrogens is 4. The second-order valence-corrected chi connectivity index (χ2v) is 7.38. The number of thiazole rings is 1. The second-order valence-electron chi connectivity index (χ2n) is 5.52. The highest BCUT2D eigenvalue weighted by molar-refractivity contribution is 7.16. The molecule has 5 nitrogen and oxygen atoms in total. The van der Waals surface area contributed by atoms with E-state index in [1.54, 1.807) is 29.9 Å². The van der Waals surface area contributed by atoms with Crippen LogP contribution in [-0.2, 0) is 6.42 Å². The Morgan fingerprint density at radius 3 is 2.96 bits per heavy atom. The molecule has 0 atom stereocenters. The lowest BCUT2D eigenvalue weighted by Crippen LogP contribution is -2.08. The Labute approximate surface area is 158 Å². The quantitative estimate of drug-likeness (QED) is 0.528. The van der Waals surface area contributed by atoms with Crippen molar-refractivity contribution < 1.29 is 0 Å². The normalized spacial score (nSPS) is 11.2. The summed E-state index contributed by atoms with van der Waals surface area (Å²) in [4.78, 5) is 19.1. The molecule has 0 amide bonds. The molecule has 4 heterocycles. The van der Waals surface area contributed by atoms with E-state index in [4.69, 9.17) is 23.2 Å². The van der Waals surface area contributed by atoms with E-state index in [2.05, 4.69) is 19.9 Å². The second kappa shape index (κ2) is 6.63. The summed E-state index contributed by atoms with van der Waals surface area (Å²) in [6, 6.07) is 5.79. The Morgan fingerprint density at radius 2 is 2.16 bits per heavy atom. The van der Waals surface area contributed by atoms with Gasteiger partial charge in [0.05, 0.1) is 21.8 Å². The average molecular weight is 390 g/mol. The summed E-state index contributed by atoms with van der Waals surface area (Å²) >= 11 is 14.0. The van der Waals surface area contributed by atoms with Crippen molar-refractivity contribution in [2.24, 2.45) is 0 Å². The number of pyridine rings is 2. The molecule has 25 heavy (non-hydrogen) atoms. The number of rotatable bonds is 4. The molecule has 0 bridgehead atoms. The number of halogens is 2. The molecule has 0 aliphatic rings. The zero-order valence-electron chi connectivity index (χ0n) is 13.2. The summed E-state index contributed by atoms with van der Waals surface area (Å²) in [6.07, 6.45) is 7.77. The molecule has 0 aliphatic heterocycles. The summed E-state index contributed by atoms with van der Waals surface area (Å²) < 4.78 is 0. The molecule has 4 aromatic rings. The molecule has 0 saturated carbocycles. The first-order valence-electron chi connectivity index (χ1n) is 7.52. The van der Waals surface area contributed by atoms with E-state index in [0.717, 1.165) is 32.3 Å². The number of fused-ring (bicyclic) bond motifs is 1. The topological polar surface area (TPSA) is 57.7 Å². The molecule has 4 aromatic heterocycles. The predicted octanol–water partition coefficient (Wildman–Crippen LogP) is 5.08. The van der Waals surface area contributed by atoms with Crippen LogP contribution < -0.4 is 4.90 Å². The number of nitrogens with zero attached hydrogens (tertiary/aromatic N) is 4. The van der Waals surface area contributed by atoms with Crippen LogP contribution >= 0.6 is 34.5 Å². The Kier molecular flexibility index (Phi) is 4.33. The van der Waals surface area contributed by atoms with Crippen LogP contribution in [0.25, 0.3) is 11.0 Å². The maximum absolute atomic E-state index is 6.38. The monoisotopic (exact) mass is 389 g/mol. The number of nitrogens with one attached hydrogen (secondary N) is 1. The number of hydrogen-bond donors (Lipinski definition) is 1. The van der Waals surface area contributed by atoms with E-state index >= 15 is 0 Å². The van der Waals surface area contributed by atoms with Gasteiger partial charge in [-0.1, -0.05) is 34.5 Å². The SMILES string of the molecule is CN(c1cccnc1)c1nc(Cl)c(Cc2c[nH]c3ncc(Cl)cc23)s1. The van der Waals surface area contributed by atoms with Crippen molar-refractivity contribution in [1.82, 2.24) is 19.9 Å². The zero-order valence-corrected chi connectivity index (χ0v) is 15.5. The molecule has 0 unspecified atom stereocenters. The number of aromatic amines is 1. The molecule has 8 heteroatoms. The third-order valence-electron chi connectivity index (χ3n) is 3.89. The molecule has 126 valence electrons. The van der Waals surface area contributed by atoms with Crippen LogP contribution in [0.4, 0.5) is 10.8 Å². The van der Waals surface area contributed by atoms with Gasteiger partial charge in [-0.25, -0.2) is 9.97 Å². The van der Waals surface area contributed by atoms with Crippen LogP contribution in [0.1, 0.15) is 10.4 Å². The standard InChI is InChI=1S/C17H13Cl2N5S/c1-24(12-3-2-4-20-9-12)17-23-15(19)14(25-17)5-10-7-21-16-13(10)6-11(18)8-22-16/h2-4,6-9H,5H2,1H3,(H,21,22). The fourth-order valence-electron chi connectivity index (χ4n) is 2.59. The first kappa shape index (κ1) is 16.3. The van der Waals surface area contributed by atoms with Crippen molar-refractivity contribution in [3.05, 3.63) is 63.6 Å². The van der Waals surface area contributed by atoms with E-state index in [0.29, 0.717) is 16.6 Å². The highest BCUT2D eigenvalue weighted by Crippen LogP contribution is 2.35. The average Bonchev–Trinajstić information content (AvgIpc) is 3.19. The predicted molar refractivity (Wildman–Crippen MR) is 103 cm³/mol. The van der Waals surface area contributed by atoms with Crippen molar-refractivity contribution >= 4 is 56.4 Å². The van der Waals surface area contributed by atoms with Gasteiger partial charge < -0.3 is 9.88 Å². The Balaban J connectivity index is 1.65. The minimum absolute atomic E-state index is 0.514. The van der Waals surface area contributed by atoms with Gasteiger partial charge in [-0.3, -0.25) is 4.98 Å². The molecule has 4 rings (SSSR count). The molecule has 0 fully saturated rings. The first-order chi connectivity index (χ1) is 12.1. The van der Waals surface area contributed by atoms with Crippen LogP contribution in [0.15, 0.2) is 43.0 Å². The molecule has 0 spiro atoms. The summed E-state index contributed by atoms with van der Waals surface area (Å²) in [6.45, 7) is 0. The summed E-state index contributed by atoms with van der Waals surface area (Å²) in [5.41, 5.74) is 2.86. The summed E-state index contributed by atoms with van der Waals surface area (Å²) in [5.74, 6) is 0. The Hall–Kier alpha value is -2.15. The smallest absolute Gasteiger partial charge is 0.191 e. The molecular formula is C17H13Cl2N5S. The molecular weight excluding hydrogens is 377 g/mol. The lowest BCUT2D eigenvalue weighted by molar-refractivity contribution is 1.14. The van der Waals surface area contributed by atoms with E-state index in [1.807, 2.05) is 36.3 Å². The fourth-order valence-corrected chi connectivity index (χ4v) is 4.02. The number of H-pyrrole nitrogens is 1. The van der Waals surface area contributed by atoms with Crippen molar-refractivity contribution in [1.29, 1.82) is 0 Å². The lowest BCUT2D eigenvalue weighted by atomic mass is 10.1. The van der Waals surface area contributed by atoms with Crippen LogP contribution in [0.2, 0.25) is 10.2 Å². The summed E-state index contributed by atoms with van der Waals surface area (Å²) in [7, 11) is 1.95. The van der Waals surface area contributed by atoms with E-state index in [9.17, 15) is 0 Å². The summed E-state index contributed by atoms with van der Waals surface area (Å²) in [5, 5.41) is 2.95. The highest BCUT2D eigenvalue weighted by Gasteiger charge is 2.16. The van der Waals surface area contributed by atoms with Gasteiger partial charge in [0.25, 0.3) is 0 Å². The van der Waals surface area contributed by atoms with Crippen LogP contribution in [0, 0.1) is 0 Å². The van der Waals surface area contributed by atoms with Crippen LogP contribution in [-0.4, -0.2) is 27.0 Å². The minimum atomic E-state index is 0.514. The molecule has 0 radical (unpaired) electrons. The van der Waals surface area contributed by atoms with Gasteiger partial charge in [0.15, 0.2) is 5.13 Å². The third-order valence-corrected chi connectivity index (χ3v) is 5.66. The van der Waals surface area contributed by atoms with Gasteiger partial charge in [0, 0.05) is 37.4 Å². The third kappa shape index (κ3) is 3.20. The zero-order chi connectivity index (χ0) is 17.4.